The largest absolute Gasteiger partial charge is 0.480 e. The average Bonchev–Trinajstić information content (AvgIpc) is 3.36. The maximum absolute atomic E-state index is 12.7. The first-order valence-electron chi connectivity index (χ1n) is 21.4. The van der Waals surface area contributed by atoms with Crippen LogP contribution in [-0.2, 0) is 9.59 Å². The summed E-state index contributed by atoms with van der Waals surface area (Å²) in [5.74, 6) is -0.900. The molecule has 2 rings (SSSR count). The Morgan fingerprint density at radius 2 is 1.45 bits per heavy atom. The highest BCUT2D eigenvalue weighted by Gasteiger charge is 2.43. The third-order valence-electron chi connectivity index (χ3n) is 12.7. The van der Waals surface area contributed by atoms with Gasteiger partial charge in [0.25, 0.3) is 0 Å². The highest BCUT2D eigenvalue weighted by molar-refractivity contribution is 6.21. The lowest BCUT2D eigenvalue weighted by Crippen LogP contribution is -2.55. The van der Waals surface area contributed by atoms with Gasteiger partial charge in [-0.15, -0.1) is 11.6 Å². The second kappa shape index (κ2) is 26.5. The Labute approximate surface area is 318 Å². The number of nitrogens with zero attached hydrogens (tertiary/aromatic N) is 1. The van der Waals surface area contributed by atoms with Crippen LogP contribution in [0.15, 0.2) is 24.3 Å². The van der Waals surface area contributed by atoms with Crippen molar-refractivity contribution in [3.63, 3.8) is 0 Å². The van der Waals surface area contributed by atoms with Crippen molar-refractivity contribution in [1.82, 2.24) is 4.90 Å². The average molecular weight is 737 g/mol. The van der Waals surface area contributed by atoms with Crippen molar-refractivity contribution in [3.8, 4) is 0 Å². The molecule has 0 spiro atoms. The van der Waals surface area contributed by atoms with E-state index in [1.807, 2.05) is 24.0 Å². The summed E-state index contributed by atoms with van der Waals surface area (Å²) in [5.41, 5.74) is -1.14. The molecule has 6 atom stereocenters. The van der Waals surface area contributed by atoms with Crippen LogP contribution in [0.3, 0.4) is 0 Å². The smallest absolute Gasteiger partial charge is 0.324 e. The topological polar surface area (TPSA) is 98.1 Å². The summed E-state index contributed by atoms with van der Waals surface area (Å²) < 4.78 is 0. The predicted molar refractivity (Wildman–Crippen MR) is 214 cm³/mol. The number of carbonyl (C=O) groups excluding carboxylic acids is 1. The number of hydrogen-bond acceptors (Lipinski definition) is 5. The molecule has 51 heavy (non-hydrogen) atoms. The van der Waals surface area contributed by atoms with Gasteiger partial charge >= 0.3 is 5.97 Å². The molecule has 3 N–H and O–H groups in total. The summed E-state index contributed by atoms with van der Waals surface area (Å²) in [5, 5.41) is 31.9. The number of rotatable bonds is 32. The predicted octanol–water partition coefficient (Wildman–Crippen LogP) is 11.2. The quantitative estimate of drug-likeness (QED) is 0.0275. The first-order chi connectivity index (χ1) is 24.7. The van der Waals surface area contributed by atoms with E-state index >= 15 is 0 Å². The molecule has 7 heteroatoms. The number of carbonyl (C=O) groups is 2. The fourth-order valence-corrected chi connectivity index (χ4v) is 9.36. The summed E-state index contributed by atoms with van der Waals surface area (Å²) in [4.78, 5) is 26.5. The van der Waals surface area contributed by atoms with Crippen LogP contribution in [0.5, 0.6) is 0 Å². The first-order valence-corrected chi connectivity index (χ1v) is 21.9. The molecule has 296 valence electrons. The molecule has 2 aliphatic rings. The third-order valence-corrected chi connectivity index (χ3v) is 13.2. The van der Waals surface area contributed by atoms with Crippen molar-refractivity contribution in [2.24, 2.45) is 17.3 Å². The molecule has 2 aliphatic carbocycles. The Bertz CT molecular complexity index is 977. The number of aldehydes is 1. The fraction of sp³-hybridized carbons (Fsp3) is 0.864. The highest BCUT2D eigenvalue weighted by Crippen LogP contribution is 2.48. The monoisotopic (exact) mass is 736 g/mol. The molecule has 2 fully saturated rings. The molecule has 0 saturated heterocycles. The second-order valence-corrected chi connectivity index (χ2v) is 16.7. The van der Waals surface area contributed by atoms with Gasteiger partial charge in [-0.3, -0.25) is 9.69 Å². The zero-order valence-electron chi connectivity index (χ0n) is 33.1. The van der Waals surface area contributed by atoms with Crippen molar-refractivity contribution in [2.75, 3.05) is 13.1 Å². The number of aliphatic hydroxyl groups excluding tert-OH is 2. The Balaban J connectivity index is 1.74. The summed E-state index contributed by atoms with van der Waals surface area (Å²) >= 11 is 6.70. The van der Waals surface area contributed by atoms with Crippen LogP contribution in [0.4, 0.5) is 0 Å². The molecule has 0 bridgehead atoms. The zero-order valence-corrected chi connectivity index (χ0v) is 33.8. The van der Waals surface area contributed by atoms with E-state index in [1.54, 1.807) is 0 Å². The molecular formula is C44H78ClNO5. The SMILES string of the molecule is CCCCCCCCCCCCCCCCCCN(CC)C(CC=O)(CC/C=C\C[C@@H]1[C@@H](/C=C/C[C@H](O)C2(CC)CCC2)[C@H](O)C[C@H]1Cl)C(=O)O. The van der Waals surface area contributed by atoms with Gasteiger partial charge in [0.05, 0.1) is 12.2 Å². The van der Waals surface area contributed by atoms with Crippen LogP contribution in [0.2, 0.25) is 0 Å². The van der Waals surface area contributed by atoms with E-state index in [9.17, 15) is 24.9 Å². The van der Waals surface area contributed by atoms with E-state index in [2.05, 4.69) is 26.0 Å². The number of aliphatic hydroxyl groups is 2. The number of aliphatic carboxylic acids is 1. The Morgan fingerprint density at radius 3 is 1.92 bits per heavy atom. The number of hydrogen-bond donors (Lipinski definition) is 3. The van der Waals surface area contributed by atoms with Crippen LogP contribution >= 0.6 is 11.6 Å². The van der Waals surface area contributed by atoms with Crippen LogP contribution in [0.1, 0.15) is 188 Å². The molecule has 0 aliphatic heterocycles. The molecule has 2 saturated carbocycles. The number of carboxylic acids is 1. The van der Waals surface area contributed by atoms with Gasteiger partial charge in [0.15, 0.2) is 0 Å². The van der Waals surface area contributed by atoms with E-state index in [4.69, 9.17) is 11.6 Å². The van der Waals surface area contributed by atoms with Gasteiger partial charge in [-0.05, 0) is 82.2 Å². The maximum atomic E-state index is 12.7. The van der Waals surface area contributed by atoms with E-state index < -0.39 is 17.6 Å². The van der Waals surface area contributed by atoms with E-state index in [-0.39, 0.29) is 35.2 Å². The van der Waals surface area contributed by atoms with Crippen LogP contribution in [0.25, 0.3) is 0 Å². The first kappa shape index (κ1) is 45.9. The van der Waals surface area contributed by atoms with Crippen LogP contribution in [0, 0.1) is 17.3 Å². The van der Waals surface area contributed by atoms with E-state index in [0.717, 1.165) is 38.4 Å². The van der Waals surface area contributed by atoms with E-state index in [0.29, 0.717) is 45.2 Å². The van der Waals surface area contributed by atoms with Gasteiger partial charge in [-0.25, -0.2) is 0 Å². The Morgan fingerprint density at radius 1 is 0.882 bits per heavy atom. The number of alkyl halides is 1. The molecule has 0 radical (unpaired) electrons. The van der Waals surface area contributed by atoms with Gasteiger partial charge in [0, 0.05) is 17.7 Å². The van der Waals surface area contributed by atoms with Gasteiger partial charge in [-0.2, -0.15) is 0 Å². The summed E-state index contributed by atoms with van der Waals surface area (Å²) in [7, 11) is 0. The molecule has 0 aromatic rings. The summed E-state index contributed by atoms with van der Waals surface area (Å²) in [6, 6.07) is 0. The maximum Gasteiger partial charge on any atom is 0.324 e. The Kier molecular flexibility index (Phi) is 23.9. The lowest BCUT2D eigenvalue weighted by Gasteiger charge is -2.45. The molecule has 6 nitrogen and oxygen atoms in total. The summed E-state index contributed by atoms with van der Waals surface area (Å²) in [6.07, 6.45) is 36.2. The normalized spacial score (nSPS) is 23.6. The number of halogens is 1. The lowest BCUT2D eigenvalue weighted by molar-refractivity contribution is -0.154. The van der Waals surface area contributed by atoms with Crippen LogP contribution in [-0.4, -0.2) is 68.7 Å². The van der Waals surface area contributed by atoms with Crippen molar-refractivity contribution < 1.29 is 24.9 Å². The Hall–Kier alpha value is -1.21. The van der Waals surface area contributed by atoms with Crippen LogP contribution < -0.4 is 0 Å². The number of carboxylic acid groups (broad SMARTS) is 1. The van der Waals surface area contributed by atoms with Gasteiger partial charge in [0.2, 0.25) is 0 Å². The molecular weight excluding hydrogens is 658 g/mol. The molecule has 0 heterocycles. The highest BCUT2D eigenvalue weighted by atomic mass is 35.5. The number of unbranched alkanes of at least 4 members (excludes halogenated alkanes) is 15. The minimum absolute atomic E-state index is 0.0144. The minimum Gasteiger partial charge on any atom is -0.480 e. The third kappa shape index (κ3) is 15.6. The van der Waals surface area contributed by atoms with Gasteiger partial charge < -0.3 is 20.1 Å². The van der Waals surface area contributed by atoms with Crippen molar-refractivity contribution in [2.45, 2.75) is 211 Å². The van der Waals surface area contributed by atoms with Gasteiger partial charge in [0.1, 0.15) is 11.8 Å². The molecule has 0 aromatic heterocycles. The zero-order chi connectivity index (χ0) is 37.4. The van der Waals surface area contributed by atoms with Gasteiger partial charge in [-0.1, -0.05) is 148 Å². The second-order valence-electron chi connectivity index (χ2n) is 16.1. The van der Waals surface area contributed by atoms with Crippen molar-refractivity contribution in [1.29, 1.82) is 0 Å². The molecule has 1 unspecified atom stereocenters. The minimum atomic E-state index is -1.20. The fourth-order valence-electron chi connectivity index (χ4n) is 8.91. The number of likely N-dealkylation sites (N-methyl/N-ethyl adjacent to an activating group) is 1. The lowest BCUT2D eigenvalue weighted by atomic mass is 9.63. The van der Waals surface area contributed by atoms with Crippen molar-refractivity contribution >= 4 is 23.9 Å². The van der Waals surface area contributed by atoms with E-state index in [1.165, 1.54) is 96.3 Å². The van der Waals surface area contributed by atoms with Crippen molar-refractivity contribution in [3.05, 3.63) is 24.3 Å². The standard InChI is InChI=1S/C44H78ClNO5/c1-4-7-8-9-10-11-12-13-14-15-16-17-18-19-20-24-34-46(6-3)44(33-35-47,42(50)51)32-23-21-22-27-37-38(40(48)36-39(37)45)28-25-29-41(49)43(5-2)30-26-31-43/h21-22,25,28,35,37-41,48-49H,4-20,23-24,26-27,29-34,36H2,1-3H3,(H,50,51)/b22-21-,28-25+/t37-,38-,39-,40-,41+,44?/m1/s1. The molecule has 0 aromatic carbocycles. The molecule has 0 amide bonds. The summed E-state index contributed by atoms with van der Waals surface area (Å²) in [6.45, 7) is 7.72. The number of allylic oxidation sites excluding steroid dienone is 2.